The Morgan fingerprint density at radius 1 is 1.14 bits per heavy atom. The molecule has 2 aromatic carbocycles. The van der Waals surface area contributed by atoms with Crippen LogP contribution in [-0.2, 0) is 4.79 Å². The zero-order valence-corrected chi connectivity index (χ0v) is 21.8. The zero-order chi connectivity index (χ0) is 25.8. The Bertz CT molecular complexity index is 1280. The lowest BCUT2D eigenvalue weighted by molar-refractivity contribution is -0.129. The largest absolute Gasteiger partial charge is 0.503 e. The minimum Gasteiger partial charge on any atom is -0.503 e. The number of nitrogens with zero attached hydrogens (tertiary/aromatic N) is 3. The Balaban J connectivity index is 1.76. The van der Waals surface area contributed by atoms with Crippen LogP contribution in [0.3, 0.4) is 0 Å². The lowest BCUT2D eigenvalue weighted by Gasteiger charge is -2.29. The molecule has 1 amide bonds. The summed E-state index contributed by atoms with van der Waals surface area (Å²) in [4.78, 5) is 36.0. The number of rotatable bonds is 10. The van der Waals surface area contributed by atoms with Crippen molar-refractivity contribution in [3.8, 4) is 16.3 Å². The van der Waals surface area contributed by atoms with E-state index in [9.17, 15) is 14.7 Å². The van der Waals surface area contributed by atoms with Gasteiger partial charge < -0.3 is 19.6 Å². The summed E-state index contributed by atoms with van der Waals surface area (Å²) in [6.45, 7) is 8.60. The number of carbonyl (C=O) groups is 2. The third kappa shape index (κ3) is 4.92. The Morgan fingerprint density at radius 3 is 2.53 bits per heavy atom. The second-order valence-corrected chi connectivity index (χ2v) is 9.59. The fourth-order valence-electron chi connectivity index (χ4n) is 4.50. The molecule has 0 bridgehead atoms. The van der Waals surface area contributed by atoms with Crippen molar-refractivity contribution in [2.45, 2.75) is 26.8 Å². The summed E-state index contributed by atoms with van der Waals surface area (Å²) in [5.74, 6) is -0.802. The number of carbonyl (C=O) groups excluding carboxylic acids is 2. The van der Waals surface area contributed by atoms with E-state index < -0.39 is 17.7 Å². The molecule has 1 aliphatic rings. The van der Waals surface area contributed by atoms with E-state index in [4.69, 9.17) is 4.74 Å². The van der Waals surface area contributed by atoms with Gasteiger partial charge in [0.05, 0.1) is 29.3 Å². The predicted octanol–water partition coefficient (Wildman–Crippen LogP) is 5.05. The van der Waals surface area contributed by atoms with Gasteiger partial charge in [0.25, 0.3) is 5.91 Å². The SMILES string of the molecule is CCN(CC)CCN1C(=O)C(O)=C(C(=O)c2sc(-c3ccccc3)nc2C)C1c1cccc(OC)c1. The molecule has 0 spiro atoms. The molecule has 0 saturated heterocycles. The number of likely N-dealkylation sites (N-methyl/N-ethyl adjacent to an activating group) is 1. The minimum absolute atomic E-state index is 0.0826. The molecule has 0 radical (unpaired) electrons. The number of hydrogen-bond acceptors (Lipinski definition) is 7. The van der Waals surface area contributed by atoms with E-state index in [1.807, 2.05) is 54.6 Å². The van der Waals surface area contributed by atoms with Crippen LogP contribution in [0.4, 0.5) is 0 Å². The molecule has 0 fully saturated rings. The minimum atomic E-state index is -0.725. The van der Waals surface area contributed by atoms with Crippen LogP contribution in [0, 0.1) is 6.92 Å². The molecular weight excluding hydrogens is 474 g/mol. The molecule has 8 heteroatoms. The Labute approximate surface area is 215 Å². The monoisotopic (exact) mass is 505 g/mol. The van der Waals surface area contributed by atoms with Crippen molar-refractivity contribution < 1.29 is 19.4 Å². The lowest BCUT2D eigenvalue weighted by atomic mass is 9.95. The summed E-state index contributed by atoms with van der Waals surface area (Å²) in [6, 6.07) is 16.2. The molecule has 188 valence electrons. The maximum Gasteiger partial charge on any atom is 0.290 e. The van der Waals surface area contributed by atoms with Crippen molar-refractivity contribution in [2.75, 3.05) is 33.3 Å². The number of aliphatic hydroxyl groups is 1. The van der Waals surface area contributed by atoms with E-state index in [0.717, 1.165) is 23.7 Å². The maximum atomic E-state index is 13.9. The molecule has 1 unspecified atom stereocenters. The zero-order valence-electron chi connectivity index (χ0n) is 21.0. The number of aliphatic hydroxyl groups excluding tert-OH is 1. The molecule has 2 heterocycles. The summed E-state index contributed by atoms with van der Waals surface area (Å²) in [5.41, 5.74) is 2.28. The van der Waals surface area contributed by atoms with Crippen molar-refractivity contribution in [1.82, 2.24) is 14.8 Å². The molecule has 0 aliphatic carbocycles. The van der Waals surface area contributed by atoms with Gasteiger partial charge in [-0.05, 0) is 37.7 Å². The Morgan fingerprint density at radius 2 is 1.86 bits per heavy atom. The summed E-state index contributed by atoms with van der Waals surface area (Å²) in [5, 5.41) is 11.7. The van der Waals surface area contributed by atoms with E-state index in [2.05, 4.69) is 23.7 Å². The number of methoxy groups -OCH3 is 1. The number of benzene rings is 2. The smallest absolute Gasteiger partial charge is 0.290 e. The van der Waals surface area contributed by atoms with Gasteiger partial charge in [-0.3, -0.25) is 9.59 Å². The Hall–Kier alpha value is -3.49. The topological polar surface area (TPSA) is 83.0 Å². The number of Topliss-reactive ketones (excluding diaryl/α,β-unsaturated/α-hetero) is 1. The molecule has 4 rings (SSSR count). The highest BCUT2D eigenvalue weighted by Crippen LogP contribution is 2.41. The first-order valence-corrected chi connectivity index (χ1v) is 12.9. The summed E-state index contributed by atoms with van der Waals surface area (Å²) in [7, 11) is 1.57. The fraction of sp³-hybridized carbons (Fsp3) is 0.321. The van der Waals surface area contributed by atoms with Gasteiger partial charge in [-0.15, -0.1) is 11.3 Å². The van der Waals surface area contributed by atoms with E-state index >= 15 is 0 Å². The van der Waals surface area contributed by atoms with E-state index in [1.165, 1.54) is 11.3 Å². The standard InChI is InChI=1S/C28H31N3O4S/c1-5-30(6-2)15-16-31-23(20-13-10-14-21(17-20)35-4)22(25(33)28(31)34)24(32)26-18(3)29-27(36-26)19-11-8-7-9-12-19/h7-14,17,23,33H,5-6,15-16H2,1-4H3. The van der Waals surface area contributed by atoms with Crippen LogP contribution in [0.5, 0.6) is 5.75 Å². The van der Waals surface area contributed by atoms with Crippen LogP contribution in [-0.4, -0.2) is 64.9 Å². The normalized spacial score (nSPS) is 15.8. The van der Waals surface area contributed by atoms with Gasteiger partial charge in [0.15, 0.2) is 5.76 Å². The summed E-state index contributed by atoms with van der Waals surface area (Å²) < 4.78 is 5.41. The third-order valence-electron chi connectivity index (χ3n) is 6.53. The fourth-order valence-corrected chi connectivity index (χ4v) is 5.52. The molecule has 3 aromatic rings. The van der Waals surface area contributed by atoms with Crippen LogP contribution >= 0.6 is 11.3 Å². The van der Waals surface area contributed by atoms with Crippen LogP contribution in [0.25, 0.3) is 10.6 Å². The highest BCUT2D eigenvalue weighted by molar-refractivity contribution is 7.17. The lowest BCUT2D eigenvalue weighted by Crippen LogP contribution is -2.38. The number of thiazole rings is 1. The average molecular weight is 506 g/mol. The average Bonchev–Trinajstić information content (AvgIpc) is 3.42. The van der Waals surface area contributed by atoms with Crippen LogP contribution in [0.1, 0.15) is 40.8 Å². The molecule has 1 aliphatic heterocycles. The number of hydrogen-bond donors (Lipinski definition) is 1. The number of aryl methyl sites for hydroxylation is 1. The molecule has 1 atom stereocenters. The summed E-state index contributed by atoms with van der Waals surface area (Å²) >= 11 is 1.27. The van der Waals surface area contributed by atoms with Crippen molar-refractivity contribution >= 4 is 23.0 Å². The quantitative estimate of drug-likeness (QED) is 0.389. The van der Waals surface area contributed by atoms with Crippen molar-refractivity contribution in [2.24, 2.45) is 0 Å². The van der Waals surface area contributed by atoms with Crippen LogP contribution < -0.4 is 4.74 Å². The van der Waals surface area contributed by atoms with E-state index in [1.54, 1.807) is 18.9 Å². The van der Waals surface area contributed by atoms with Crippen molar-refractivity contribution in [1.29, 1.82) is 0 Å². The van der Waals surface area contributed by atoms with Gasteiger partial charge in [0, 0.05) is 18.7 Å². The summed E-state index contributed by atoms with van der Waals surface area (Å²) in [6.07, 6.45) is 0. The molecular formula is C28H31N3O4S. The third-order valence-corrected chi connectivity index (χ3v) is 7.74. The number of ketones is 1. The van der Waals surface area contributed by atoms with Crippen LogP contribution in [0.15, 0.2) is 65.9 Å². The Kier molecular flexibility index (Phi) is 7.86. The highest BCUT2D eigenvalue weighted by Gasteiger charge is 2.44. The second-order valence-electron chi connectivity index (χ2n) is 8.60. The van der Waals surface area contributed by atoms with Gasteiger partial charge in [-0.1, -0.05) is 56.3 Å². The maximum absolute atomic E-state index is 13.9. The van der Waals surface area contributed by atoms with E-state index in [0.29, 0.717) is 35.0 Å². The van der Waals surface area contributed by atoms with Crippen molar-refractivity contribution in [3.05, 3.63) is 82.1 Å². The number of aromatic nitrogens is 1. The van der Waals surface area contributed by atoms with Gasteiger partial charge in [0.2, 0.25) is 5.78 Å². The first-order chi connectivity index (χ1) is 17.4. The van der Waals surface area contributed by atoms with Gasteiger partial charge in [-0.2, -0.15) is 0 Å². The number of ether oxygens (including phenoxy) is 1. The van der Waals surface area contributed by atoms with E-state index in [-0.39, 0.29) is 11.4 Å². The first-order valence-electron chi connectivity index (χ1n) is 12.1. The molecule has 0 saturated carbocycles. The molecule has 36 heavy (non-hydrogen) atoms. The molecule has 1 aromatic heterocycles. The molecule has 1 N–H and O–H groups in total. The van der Waals surface area contributed by atoms with Gasteiger partial charge in [0.1, 0.15) is 10.8 Å². The van der Waals surface area contributed by atoms with Crippen molar-refractivity contribution in [3.63, 3.8) is 0 Å². The van der Waals surface area contributed by atoms with Gasteiger partial charge in [-0.25, -0.2) is 4.98 Å². The predicted molar refractivity (Wildman–Crippen MR) is 142 cm³/mol. The van der Waals surface area contributed by atoms with Gasteiger partial charge >= 0.3 is 0 Å². The highest BCUT2D eigenvalue weighted by atomic mass is 32.1. The second kappa shape index (κ2) is 11.1. The number of amides is 1. The van der Waals surface area contributed by atoms with Crippen LogP contribution in [0.2, 0.25) is 0 Å². The first kappa shape index (κ1) is 25.6. The molecule has 7 nitrogen and oxygen atoms in total.